The number of aryl methyl sites for hydroxylation is 3. The molecule has 0 atom stereocenters. The Morgan fingerprint density at radius 3 is 2.57 bits per heavy atom. The second kappa shape index (κ2) is 10.0. The molecule has 8 nitrogen and oxygen atoms in total. The number of alkyl halides is 3. The van der Waals surface area contributed by atoms with Crippen LogP contribution >= 0.6 is 11.8 Å². The van der Waals surface area contributed by atoms with Crippen molar-refractivity contribution in [1.29, 1.82) is 0 Å². The predicted octanol–water partition coefficient (Wildman–Crippen LogP) is 3.16. The highest BCUT2D eigenvalue weighted by molar-refractivity contribution is 7.99. The van der Waals surface area contributed by atoms with Crippen LogP contribution in [0.25, 0.3) is 10.9 Å². The van der Waals surface area contributed by atoms with E-state index in [2.05, 4.69) is 19.8 Å². The van der Waals surface area contributed by atoms with Crippen LogP contribution in [0.5, 0.6) is 0 Å². The summed E-state index contributed by atoms with van der Waals surface area (Å²) in [4.78, 5) is 35.7. The van der Waals surface area contributed by atoms with Gasteiger partial charge in [0.05, 0.1) is 22.3 Å². The molecule has 188 valence electrons. The smallest absolute Gasteiger partial charge is 0.323 e. The molecule has 1 aliphatic heterocycles. The second-order valence-corrected chi connectivity index (χ2v) is 9.96. The maximum Gasteiger partial charge on any atom is 0.493 e. The van der Waals surface area contributed by atoms with Crippen LogP contribution in [0.3, 0.4) is 0 Å². The normalized spacial score (nSPS) is 15.6. The Morgan fingerprint density at radius 2 is 1.94 bits per heavy atom. The topological polar surface area (TPSA) is 82.2 Å². The Balaban J connectivity index is 1.48. The summed E-state index contributed by atoms with van der Waals surface area (Å²) in [7, 11) is 1.90. The molecule has 0 saturated carbocycles. The molecule has 1 fully saturated rings. The Hall–Kier alpha value is -2.86. The molecule has 12 heteroatoms. The number of hydrogen-bond donors (Lipinski definition) is 0. The number of carbonyl (C=O) groups excluding carboxylic acids is 1. The minimum Gasteiger partial charge on any atom is -0.323 e. The summed E-state index contributed by atoms with van der Waals surface area (Å²) in [5, 5.41) is 4.70. The SMILES string of the molecule is Cc1nn(C)cc1CN1CCC(SCc2nc3c(C)cccc3c(=O)n2OC(=O)C(F)(F)F)CC1. The van der Waals surface area contributed by atoms with Crippen LogP contribution in [0.1, 0.15) is 35.5 Å². The van der Waals surface area contributed by atoms with Gasteiger partial charge in [-0.25, -0.2) is 9.78 Å². The molecule has 1 aromatic carbocycles. The van der Waals surface area contributed by atoms with E-state index in [-0.39, 0.29) is 22.2 Å². The lowest BCUT2D eigenvalue weighted by Gasteiger charge is -2.31. The fourth-order valence-electron chi connectivity index (χ4n) is 4.17. The lowest BCUT2D eigenvalue weighted by atomic mass is 10.1. The van der Waals surface area contributed by atoms with Crippen molar-refractivity contribution in [2.45, 2.75) is 50.4 Å². The number of likely N-dealkylation sites (tertiary alicyclic amines) is 1. The highest BCUT2D eigenvalue weighted by Gasteiger charge is 2.42. The third-order valence-corrected chi connectivity index (χ3v) is 7.39. The van der Waals surface area contributed by atoms with Gasteiger partial charge in [0.1, 0.15) is 0 Å². The zero-order valence-electron chi connectivity index (χ0n) is 19.6. The van der Waals surface area contributed by atoms with Crippen molar-refractivity contribution in [3.63, 3.8) is 0 Å². The van der Waals surface area contributed by atoms with E-state index in [1.807, 2.05) is 20.2 Å². The summed E-state index contributed by atoms with van der Waals surface area (Å²) >= 11 is 1.50. The van der Waals surface area contributed by atoms with Crippen LogP contribution < -0.4 is 10.4 Å². The molecule has 0 radical (unpaired) electrons. The van der Waals surface area contributed by atoms with E-state index < -0.39 is 17.7 Å². The second-order valence-electron chi connectivity index (χ2n) is 8.68. The zero-order valence-corrected chi connectivity index (χ0v) is 20.4. The van der Waals surface area contributed by atoms with Crippen LogP contribution in [-0.4, -0.2) is 54.9 Å². The first-order chi connectivity index (χ1) is 16.5. The molecule has 3 aromatic rings. The predicted molar refractivity (Wildman–Crippen MR) is 126 cm³/mol. The van der Waals surface area contributed by atoms with Crippen LogP contribution in [0.15, 0.2) is 29.2 Å². The monoisotopic (exact) mass is 509 g/mol. The third-order valence-electron chi connectivity index (χ3n) is 6.03. The largest absolute Gasteiger partial charge is 0.493 e. The fourth-order valence-corrected chi connectivity index (χ4v) is 5.28. The summed E-state index contributed by atoms with van der Waals surface area (Å²) in [6, 6.07) is 4.82. The van der Waals surface area contributed by atoms with Gasteiger partial charge in [-0.1, -0.05) is 12.1 Å². The molecule has 0 spiro atoms. The van der Waals surface area contributed by atoms with Crippen molar-refractivity contribution in [3.05, 3.63) is 57.4 Å². The summed E-state index contributed by atoms with van der Waals surface area (Å²) in [6.45, 7) is 6.30. The number of rotatable bonds is 6. The van der Waals surface area contributed by atoms with Gasteiger partial charge in [-0.3, -0.25) is 14.4 Å². The number of hydrogen-bond acceptors (Lipinski definition) is 7. The van der Waals surface area contributed by atoms with Crippen molar-refractivity contribution >= 4 is 28.6 Å². The molecule has 0 unspecified atom stereocenters. The number of piperidine rings is 1. The number of benzene rings is 1. The summed E-state index contributed by atoms with van der Waals surface area (Å²) in [6.07, 6.45) is -1.46. The van der Waals surface area contributed by atoms with Crippen LogP contribution in [0, 0.1) is 13.8 Å². The molecule has 0 bridgehead atoms. The van der Waals surface area contributed by atoms with Crippen molar-refractivity contribution < 1.29 is 22.8 Å². The molecule has 1 saturated heterocycles. The van der Waals surface area contributed by atoms with Gasteiger partial charge in [0.25, 0.3) is 5.56 Å². The Labute approximate surface area is 204 Å². The minimum atomic E-state index is -5.23. The number of thioether (sulfide) groups is 1. The van der Waals surface area contributed by atoms with Crippen molar-refractivity contribution in [2.24, 2.45) is 7.05 Å². The van der Waals surface area contributed by atoms with Gasteiger partial charge in [-0.05, 0) is 51.4 Å². The van der Waals surface area contributed by atoms with Gasteiger partial charge < -0.3 is 4.84 Å². The van der Waals surface area contributed by atoms with Crippen molar-refractivity contribution in [2.75, 3.05) is 13.1 Å². The van der Waals surface area contributed by atoms with E-state index in [1.54, 1.807) is 23.7 Å². The summed E-state index contributed by atoms with van der Waals surface area (Å²) in [5.74, 6) is -2.34. The molecule has 1 aliphatic rings. The minimum absolute atomic E-state index is 0.0205. The van der Waals surface area contributed by atoms with E-state index in [4.69, 9.17) is 0 Å². The molecule has 0 amide bonds. The number of carbonyl (C=O) groups is 1. The summed E-state index contributed by atoms with van der Waals surface area (Å²) < 4.78 is 40.7. The molecule has 2 aromatic heterocycles. The number of halogens is 3. The van der Waals surface area contributed by atoms with E-state index in [0.717, 1.165) is 38.2 Å². The van der Waals surface area contributed by atoms with Gasteiger partial charge in [0, 0.05) is 30.6 Å². The standard InChI is InChI=1S/C23H26F3N5O3S/c1-14-5-4-6-18-20(14)27-19(31(21(18)32)34-22(33)23(24,25)26)13-35-17-7-9-30(10-8-17)12-16-11-29(3)28-15(16)2/h4-6,11,17H,7-10,12-13H2,1-3H3. The molecule has 35 heavy (non-hydrogen) atoms. The number of fused-ring (bicyclic) bond motifs is 1. The van der Waals surface area contributed by atoms with E-state index in [1.165, 1.54) is 23.4 Å². The quantitative estimate of drug-likeness (QED) is 0.505. The fraction of sp³-hybridized carbons (Fsp3) is 0.478. The Bertz CT molecular complexity index is 1300. The van der Waals surface area contributed by atoms with Crippen molar-refractivity contribution in [1.82, 2.24) is 24.4 Å². The molecule has 0 aliphatic carbocycles. The van der Waals surface area contributed by atoms with E-state index in [9.17, 15) is 22.8 Å². The summed E-state index contributed by atoms with van der Waals surface area (Å²) in [5.41, 5.74) is 2.44. The molecule has 3 heterocycles. The van der Waals surface area contributed by atoms with Gasteiger partial charge in [-0.15, -0.1) is 4.73 Å². The van der Waals surface area contributed by atoms with Crippen molar-refractivity contribution in [3.8, 4) is 0 Å². The van der Waals surface area contributed by atoms with Gasteiger partial charge >= 0.3 is 12.1 Å². The zero-order chi connectivity index (χ0) is 25.3. The van der Waals surface area contributed by atoms with Gasteiger partial charge in [0.15, 0.2) is 5.82 Å². The molecule has 4 rings (SSSR count). The average Bonchev–Trinajstić information content (AvgIpc) is 3.11. The first-order valence-corrected chi connectivity index (χ1v) is 12.2. The van der Waals surface area contributed by atoms with E-state index >= 15 is 0 Å². The highest BCUT2D eigenvalue weighted by Crippen LogP contribution is 2.28. The van der Waals surface area contributed by atoms with E-state index in [0.29, 0.717) is 15.8 Å². The average molecular weight is 510 g/mol. The lowest BCUT2D eigenvalue weighted by molar-refractivity contribution is -0.200. The lowest BCUT2D eigenvalue weighted by Crippen LogP contribution is -2.40. The first kappa shape index (κ1) is 25.2. The van der Waals surface area contributed by atoms with Crippen LogP contribution in [0.2, 0.25) is 0 Å². The Kier molecular flexibility index (Phi) is 7.22. The molecular formula is C23H26F3N5O3S. The van der Waals surface area contributed by atoms with Crippen LogP contribution in [-0.2, 0) is 24.1 Å². The molecular weight excluding hydrogens is 483 g/mol. The number of nitrogens with zero attached hydrogens (tertiary/aromatic N) is 5. The first-order valence-electron chi connectivity index (χ1n) is 11.2. The molecule has 0 N–H and O–H groups in total. The Morgan fingerprint density at radius 1 is 1.23 bits per heavy atom. The van der Waals surface area contributed by atoms with Gasteiger partial charge in [0.2, 0.25) is 0 Å². The number of aromatic nitrogens is 4. The highest BCUT2D eigenvalue weighted by atomic mass is 32.2. The maximum atomic E-state index is 12.9. The third kappa shape index (κ3) is 5.69. The van der Waals surface area contributed by atoms with Crippen LogP contribution in [0.4, 0.5) is 13.2 Å². The maximum absolute atomic E-state index is 12.9. The number of para-hydroxylation sites is 1. The van der Waals surface area contributed by atoms with Gasteiger partial charge in [-0.2, -0.15) is 30.0 Å².